The van der Waals surface area contributed by atoms with Crippen LogP contribution < -0.4 is 4.80 Å². The summed E-state index contributed by atoms with van der Waals surface area (Å²) >= 11 is 1.31. The molecular weight excluding hydrogens is 351 g/mol. The van der Waals surface area contributed by atoms with Gasteiger partial charge in [-0.3, -0.25) is 4.79 Å². The van der Waals surface area contributed by atoms with Crippen LogP contribution in [0.15, 0.2) is 47.5 Å². The highest BCUT2D eigenvalue weighted by Gasteiger charge is 2.09. The first-order valence-corrected chi connectivity index (χ1v) is 9.35. The number of hydrogen-bond donors (Lipinski definition) is 0. The summed E-state index contributed by atoms with van der Waals surface area (Å²) < 4.78 is 21.3. The fourth-order valence-corrected chi connectivity index (χ4v) is 3.84. The van der Waals surface area contributed by atoms with Gasteiger partial charge in [-0.2, -0.15) is 4.99 Å². The molecule has 0 atom stereocenters. The Hall–Kier alpha value is -2.31. The van der Waals surface area contributed by atoms with Crippen LogP contribution in [0.2, 0.25) is 0 Å². The molecule has 1 heterocycles. The topological polar surface area (TPSA) is 43.6 Å². The molecule has 1 amide bonds. The quantitative estimate of drug-likeness (QED) is 0.662. The van der Waals surface area contributed by atoms with Gasteiger partial charge < -0.3 is 9.30 Å². The van der Waals surface area contributed by atoms with Crippen LogP contribution in [0.25, 0.3) is 10.2 Å². The first-order chi connectivity index (χ1) is 12.6. The predicted molar refractivity (Wildman–Crippen MR) is 102 cm³/mol. The zero-order chi connectivity index (χ0) is 18.5. The van der Waals surface area contributed by atoms with E-state index in [1.807, 2.05) is 28.8 Å². The van der Waals surface area contributed by atoms with E-state index >= 15 is 0 Å². The van der Waals surface area contributed by atoms with Gasteiger partial charge in [0.25, 0.3) is 5.91 Å². The van der Waals surface area contributed by atoms with E-state index in [2.05, 4.69) is 11.9 Å². The fourth-order valence-electron chi connectivity index (χ4n) is 2.74. The molecule has 0 unspecified atom stereocenters. The van der Waals surface area contributed by atoms with Crippen molar-refractivity contribution in [3.63, 3.8) is 0 Å². The Kier molecular flexibility index (Phi) is 5.96. The summed E-state index contributed by atoms with van der Waals surface area (Å²) in [6.07, 6.45) is 1.22. The molecule has 0 bridgehead atoms. The first-order valence-electron chi connectivity index (χ1n) is 8.54. The van der Waals surface area contributed by atoms with Crippen molar-refractivity contribution >= 4 is 27.5 Å². The van der Waals surface area contributed by atoms with Gasteiger partial charge in [-0.15, -0.1) is 0 Å². The van der Waals surface area contributed by atoms with Gasteiger partial charge in [0.05, 0.1) is 23.2 Å². The lowest BCUT2D eigenvalue weighted by molar-refractivity contribution is -0.117. The lowest BCUT2D eigenvalue weighted by atomic mass is 10.1. The van der Waals surface area contributed by atoms with Crippen LogP contribution >= 0.6 is 11.3 Å². The predicted octanol–water partition coefficient (Wildman–Crippen LogP) is 3.72. The Bertz CT molecular complexity index is 974. The Labute approximate surface area is 155 Å². The Morgan fingerprint density at radius 3 is 2.62 bits per heavy atom. The number of hydrogen-bond acceptors (Lipinski definition) is 3. The molecule has 26 heavy (non-hydrogen) atoms. The minimum absolute atomic E-state index is 0.215. The molecule has 0 spiro atoms. The molecule has 2 aromatic carbocycles. The van der Waals surface area contributed by atoms with Gasteiger partial charge in [0.15, 0.2) is 4.80 Å². The number of nitrogens with zero attached hydrogens (tertiary/aromatic N) is 2. The number of rotatable bonds is 6. The number of aryl methyl sites for hydroxylation is 1. The average molecular weight is 372 g/mol. The van der Waals surface area contributed by atoms with E-state index in [0.717, 1.165) is 22.2 Å². The zero-order valence-electron chi connectivity index (χ0n) is 14.9. The molecule has 0 radical (unpaired) electrons. The van der Waals surface area contributed by atoms with Crippen molar-refractivity contribution in [1.29, 1.82) is 0 Å². The van der Waals surface area contributed by atoms with Crippen molar-refractivity contribution in [1.82, 2.24) is 4.57 Å². The molecular formula is C20H21FN2O2S. The normalized spacial score (nSPS) is 12.0. The molecule has 3 aromatic rings. The first kappa shape index (κ1) is 18.5. The van der Waals surface area contributed by atoms with Gasteiger partial charge in [0.1, 0.15) is 5.82 Å². The largest absolute Gasteiger partial charge is 0.383 e. The summed E-state index contributed by atoms with van der Waals surface area (Å²) in [5.41, 5.74) is 3.03. The van der Waals surface area contributed by atoms with Gasteiger partial charge in [-0.25, -0.2) is 4.39 Å². The molecule has 4 nitrogen and oxygen atoms in total. The third-order valence-electron chi connectivity index (χ3n) is 4.17. The van der Waals surface area contributed by atoms with Crippen molar-refractivity contribution < 1.29 is 13.9 Å². The summed E-state index contributed by atoms with van der Waals surface area (Å²) in [6.45, 7) is 3.14. The molecule has 0 N–H and O–H groups in total. The van der Waals surface area contributed by atoms with Crippen molar-refractivity contribution in [2.45, 2.75) is 26.3 Å². The molecule has 0 aliphatic heterocycles. The summed E-state index contributed by atoms with van der Waals surface area (Å²) in [4.78, 5) is 17.3. The van der Waals surface area contributed by atoms with Crippen LogP contribution in [0.5, 0.6) is 0 Å². The SMILES string of the molecule is CCc1ccc(CC(=O)N=c2sc3cc(F)ccc3n2CCOC)cc1. The van der Waals surface area contributed by atoms with E-state index < -0.39 is 0 Å². The number of carbonyl (C=O) groups excluding carboxylic acids is 1. The number of ether oxygens (including phenoxy) is 1. The Balaban J connectivity index is 1.92. The number of thiazole rings is 1. The monoisotopic (exact) mass is 372 g/mol. The maximum Gasteiger partial charge on any atom is 0.252 e. The number of fused-ring (bicyclic) bond motifs is 1. The van der Waals surface area contributed by atoms with E-state index in [0.29, 0.717) is 18.0 Å². The third-order valence-corrected chi connectivity index (χ3v) is 5.21. The fraction of sp³-hybridized carbons (Fsp3) is 0.300. The van der Waals surface area contributed by atoms with Gasteiger partial charge in [0.2, 0.25) is 0 Å². The maximum absolute atomic E-state index is 13.5. The second-order valence-electron chi connectivity index (χ2n) is 5.99. The van der Waals surface area contributed by atoms with Crippen LogP contribution in [0.3, 0.4) is 0 Å². The summed E-state index contributed by atoms with van der Waals surface area (Å²) in [5.74, 6) is -0.515. The van der Waals surface area contributed by atoms with E-state index in [1.165, 1.54) is 29.0 Å². The minimum atomic E-state index is -0.300. The number of amides is 1. The molecule has 136 valence electrons. The number of halogens is 1. The van der Waals surface area contributed by atoms with Gasteiger partial charge in [-0.05, 0) is 35.7 Å². The lowest BCUT2D eigenvalue weighted by Gasteiger charge is -2.04. The van der Waals surface area contributed by atoms with E-state index in [9.17, 15) is 9.18 Å². The van der Waals surface area contributed by atoms with Crippen molar-refractivity contribution in [2.24, 2.45) is 4.99 Å². The van der Waals surface area contributed by atoms with E-state index in [1.54, 1.807) is 13.2 Å². The van der Waals surface area contributed by atoms with Gasteiger partial charge in [-0.1, -0.05) is 42.5 Å². The van der Waals surface area contributed by atoms with Crippen LogP contribution in [0.1, 0.15) is 18.1 Å². The van der Waals surface area contributed by atoms with Crippen LogP contribution in [0, 0.1) is 5.82 Å². The van der Waals surface area contributed by atoms with Crippen molar-refractivity contribution in [3.8, 4) is 0 Å². The molecule has 6 heteroatoms. The highest BCUT2D eigenvalue weighted by molar-refractivity contribution is 7.16. The van der Waals surface area contributed by atoms with Crippen molar-refractivity contribution in [2.75, 3.05) is 13.7 Å². The molecule has 1 aromatic heterocycles. The number of methoxy groups -OCH3 is 1. The van der Waals surface area contributed by atoms with Gasteiger partial charge in [0, 0.05) is 13.7 Å². The molecule has 0 fully saturated rings. The average Bonchev–Trinajstić information content (AvgIpc) is 2.96. The highest BCUT2D eigenvalue weighted by atomic mass is 32.1. The Morgan fingerprint density at radius 2 is 1.92 bits per heavy atom. The highest BCUT2D eigenvalue weighted by Crippen LogP contribution is 2.18. The van der Waals surface area contributed by atoms with Crippen LogP contribution in [-0.2, 0) is 28.9 Å². The molecule has 0 aliphatic rings. The van der Waals surface area contributed by atoms with E-state index in [4.69, 9.17) is 4.74 Å². The molecule has 0 saturated heterocycles. The lowest BCUT2D eigenvalue weighted by Crippen LogP contribution is -2.19. The van der Waals surface area contributed by atoms with Crippen LogP contribution in [0.4, 0.5) is 4.39 Å². The van der Waals surface area contributed by atoms with E-state index in [-0.39, 0.29) is 18.1 Å². The molecule has 0 saturated carbocycles. The summed E-state index contributed by atoms with van der Waals surface area (Å²) in [5, 5.41) is 0. The minimum Gasteiger partial charge on any atom is -0.383 e. The molecule has 0 aliphatic carbocycles. The number of aromatic nitrogens is 1. The summed E-state index contributed by atoms with van der Waals surface area (Å²) in [6, 6.07) is 12.6. The maximum atomic E-state index is 13.5. The van der Waals surface area contributed by atoms with Crippen LogP contribution in [-0.4, -0.2) is 24.2 Å². The smallest absolute Gasteiger partial charge is 0.252 e. The third kappa shape index (κ3) is 4.26. The molecule has 3 rings (SSSR count). The van der Waals surface area contributed by atoms with Crippen molar-refractivity contribution in [3.05, 3.63) is 64.2 Å². The number of benzene rings is 2. The second-order valence-corrected chi connectivity index (χ2v) is 7.00. The number of carbonyl (C=O) groups is 1. The Morgan fingerprint density at radius 1 is 1.19 bits per heavy atom. The zero-order valence-corrected chi connectivity index (χ0v) is 15.7. The standard InChI is InChI=1S/C20H21FN2O2S/c1-3-14-4-6-15(7-5-14)12-19(24)22-20-23(10-11-25-2)17-9-8-16(21)13-18(17)26-20/h4-9,13H,3,10-12H2,1-2H3. The summed E-state index contributed by atoms with van der Waals surface area (Å²) in [7, 11) is 1.62. The van der Waals surface area contributed by atoms with Gasteiger partial charge >= 0.3 is 0 Å². The second kappa shape index (κ2) is 8.38.